The third kappa shape index (κ3) is 4.21. The first-order valence-corrected chi connectivity index (χ1v) is 5.81. The molecule has 4 nitrogen and oxygen atoms in total. The molecule has 1 amide bonds. The average Bonchev–Trinajstić information content (AvgIpc) is 2.30. The van der Waals surface area contributed by atoms with Gasteiger partial charge in [-0.3, -0.25) is 4.79 Å². The number of likely N-dealkylation sites (tertiary alicyclic amines) is 1. The summed E-state index contributed by atoms with van der Waals surface area (Å²) in [5, 5.41) is 0. The number of hydrogen-bond acceptors (Lipinski definition) is 3. The fraction of sp³-hybridized carbons (Fsp3) is 0.750. The van der Waals surface area contributed by atoms with Crippen LogP contribution in [0.15, 0.2) is 0 Å². The number of hydrogen-bond donors (Lipinski definition) is 1. The van der Waals surface area contributed by atoms with Crippen LogP contribution in [-0.2, 0) is 9.53 Å². The zero-order valence-electron chi connectivity index (χ0n) is 9.65. The second-order valence-electron chi connectivity index (χ2n) is 3.97. The number of carbonyl (C=O) groups is 1. The Bertz CT molecular complexity index is 252. The molecule has 1 fully saturated rings. The van der Waals surface area contributed by atoms with Crippen molar-refractivity contribution < 1.29 is 9.53 Å². The fourth-order valence-corrected chi connectivity index (χ4v) is 1.80. The molecule has 0 unspecified atom stereocenters. The zero-order chi connectivity index (χ0) is 11.8. The van der Waals surface area contributed by atoms with Crippen LogP contribution in [0.4, 0.5) is 0 Å². The van der Waals surface area contributed by atoms with E-state index in [1.165, 1.54) is 0 Å². The molecule has 1 heterocycles. The normalized spacial score (nSPS) is 17.1. The van der Waals surface area contributed by atoms with Gasteiger partial charge in [-0.1, -0.05) is 5.92 Å². The molecule has 0 bridgehead atoms. The maximum Gasteiger partial charge on any atom is 0.234 e. The van der Waals surface area contributed by atoms with Gasteiger partial charge in [0.1, 0.15) is 0 Å². The molecule has 2 N–H and O–H groups in total. The van der Waals surface area contributed by atoms with E-state index < -0.39 is 0 Å². The molecule has 0 aliphatic carbocycles. The van der Waals surface area contributed by atoms with Gasteiger partial charge in [-0.05, 0) is 25.8 Å². The minimum absolute atomic E-state index is 0.0582. The summed E-state index contributed by atoms with van der Waals surface area (Å²) in [7, 11) is 0. The van der Waals surface area contributed by atoms with Gasteiger partial charge >= 0.3 is 0 Å². The van der Waals surface area contributed by atoms with E-state index in [4.69, 9.17) is 16.9 Å². The molecule has 90 valence electrons. The molecule has 0 atom stereocenters. The smallest absolute Gasteiger partial charge is 0.234 e. The number of amides is 1. The minimum Gasteiger partial charge on any atom is -0.378 e. The lowest BCUT2D eigenvalue weighted by atomic mass is 10.1. The summed E-state index contributed by atoms with van der Waals surface area (Å²) in [6, 6.07) is 0. The second kappa shape index (κ2) is 7.26. The first kappa shape index (κ1) is 13.0. The van der Waals surface area contributed by atoms with Gasteiger partial charge in [0.2, 0.25) is 5.91 Å². The Hall–Kier alpha value is -1.05. The Labute approximate surface area is 97.1 Å². The topological polar surface area (TPSA) is 55.6 Å². The van der Waals surface area contributed by atoms with Crippen molar-refractivity contribution in [3.05, 3.63) is 0 Å². The van der Waals surface area contributed by atoms with Crippen LogP contribution in [0, 0.1) is 12.3 Å². The zero-order valence-corrected chi connectivity index (χ0v) is 9.65. The standard InChI is InChI=1S/C12H20N2O2/c1-2-4-12(15)14-8-5-11(6-9-14)16-10-3-7-13/h1,11H,3-10,13H2. The van der Waals surface area contributed by atoms with Gasteiger partial charge in [-0.2, -0.15) is 0 Å². The molecule has 1 aliphatic heterocycles. The number of piperidine rings is 1. The lowest BCUT2D eigenvalue weighted by Gasteiger charge is -2.31. The van der Waals surface area contributed by atoms with E-state index in [2.05, 4.69) is 5.92 Å². The van der Waals surface area contributed by atoms with Gasteiger partial charge in [0.05, 0.1) is 12.5 Å². The van der Waals surface area contributed by atoms with Crippen LogP contribution in [-0.4, -0.2) is 43.2 Å². The van der Waals surface area contributed by atoms with Crippen molar-refractivity contribution in [3.63, 3.8) is 0 Å². The average molecular weight is 224 g/mol. The van der Waals surface area contributed by atoms with Gasteiger partial charge in [-0.25, -0.2) is 0 Å². The summed E-state index contributed by atoms with van der Waals surface area (Å²) in [5.74, 6) is 2.44. The third-order valence-corrected chi connectivity index (χ3v) is 2.75. The van der Waals surface area contributed by atoms with Crippen LogP contribution in [0.1, 0.15) is 25.7 Å². The molecule has 1 aliphatic rings. The molecule has 1 rings (SSSR count). The van der Waals surface area contributed by atoms with Crippen molar-refractivity contribution in [1.82, 2.24) is 4.90 Å². The summed E-state index contributed by atoms with van der Waals surface area (Å²) in [6.07, 6.45) is 8.30. The Kier molecular flexibility index (Phi) is 5.91. The number of nitrogens with two attached hydrogens (primary N) is 1. The van der Waals surface area contributed by atoms with E-state index in [1.807, 2.05) is 4.90 Å². The predicted octanol–water partition coefficient (Wildman–Crippen LogP) is 0.366. The highest BCUT2D eigenvalue weighted by molar-refractivity contribution is 5.78. The molecule has 0 aromatic rings. The molecular formula is C12H20N2O2. The van der Waals surface area contributed by atoms with Crippen LogP contribution in [0.25, 0.3) is 0 Å². The van der Waals surface area contributed by atoms with Gasteiger partial charge in [0.25, 0.3) is 0 Å². The highest BCUT2D eigenvalue weighted by atomic mass is 16.5. The minimum atomic E-state index is 0.0582. The molecule has 0 aromatic heterocycles. The highest BCUT2D eigenvalue weighted by Crippen LogP contribution is 2.14. The largest absolute Gasteiger partial charge is 0.378 e. The van der Waals surface area contributed by atoms with Crippen molar-refractivity contribution in [3.8, 4) is 12.3 Å². The van der Waals surface area contributed by atoms with Crippen molar-refractivity contribution in [2.24, 2.45) is 5.73 Å². The molecular weight excluding hydrogens is 204 g/mol. The van der Waals surface area contributed by atoms with Gasteiger partial charge < -0.3 is 15.4 Å². The van der Waals surface area contributed by atoms with Crippen molar-refractivity contribution in [1.29, 1.82) is 0 Å². The number of nitrogens with zero attached hydrogens (tertiary/aromatic N) is 1. The quantitative estimate of drug-likeness (QED) is 0.542. The van der Waals surface area contributed by atoms with E-state index in [9.17, 15) is 4.79 Å². The Morgan fingerprint density at radius 2 is 2.19 bits per heavy atom. The summed E-state index contributed by atoms with van der Waals surface area (Å²) in [6.45, 7) is 2.90. The number of rotatable bonds is 5. The van der Waals surface area contributed by atoms with Gasteiger partial charge in [0.15, 0.2) is 0 Å². The Morgan fingerprint density at radius 3 is 2.75 bits per heavy atom. The lowest BCUT2D eigenvalue weighted by Crippen LogP contribution is -2.40. The van der Waals surface area contributed by atoms with Crippen LogP contribution in [0.5, 0.6) is 0 Å². The Morgan fingerprint density at radius 1 is 1.50 bits per heavy atom. The second-order valence-corrected chi connectivity index (χ2v) is 3.97. The summed E-state index contributed by atoms with van der Waals surface area (Å²) >= 11 is 0. The highest BCUT2D eigenvalue weighted by Gasteiger charge is 2.22. The monoisotopic (exact) mass is 224 g/mol. The van der Waals surface area contributed by atoms with E-state index >= 15 is 0 Å². The van der Waals surface area contributed by atoms with Crippen molar-refractivity contribution >= 4 is 5.91 Å². The molecule has 0 spiro atoms. The first-order chi connectivity index (χ1) is 7.77. The van der Waals surface area contributed by atoms with E-state index in [-0.39, 0.29) is 18.4 Å². The van der Waals surface area contributed by atoms with Crippen LogP contribution in [0.3, 0.4) is 0 Å². The summed E-state index contributed by atoms with van der Waals surface area (Å²) < 4.78 is 5.65. The molecule has 16 heavy (non-hydrogen) atoms. The molecule has 1 saturated heterocycles. The van der Waals surface area contributed by atoms with Gasteiger partial charge in [-0.15, -0.1) is 6.42 Å². The predicted molar refractivity (Wildman–Crippen MR) is 62.7 cm³/mol. The summed E-state index contributed by atoms with van der Waals surface area (Å²) in [5.41, 5.74) is 5.39. The molecule has 0 saturated carbocycles. The maximum atomic E-state index is 11.5. The van der Waals surface area contributed by atoms with Crippen LogP contribution >= 0.6 is 0 Å². The van der Waals surface area contributed by atoms with E-state index in [1.54, 1.807) is 0 Å². The van der Waals surface area contributed by atoms with E-state index in [0.717, 1.165) is 39.0 Å². The summed E-state index contributed by atoms with van der Waals surface area (Å²) in [4.78, 5) is 13.3. The number of carbonyl (C=O) groups excluding carboxylic acids is 1. The van der Waals surface area contributed by atoms with Crippen molar-refractivity contribution in [2.75, 3.05) is 26.2 Å². The SMILES string of the molecule is C#CCC(=O)N1CCC(OCCCN)CC1. The fourth-order valence-electron chi connectivity index (χ4n) is 1.80. The van der Waals surface area contributed by atoms with Crippen molar-refractivity contribution in [2.45, 2.75) is 31.8 Å². The third-order valence-electron chi connectivity index (χ3n) is 2.75. The lowest BCUT2D eigenvalue weighted by molar-refractivity contribution is -0.132. The van der Waals surface area contributed by atoms with Crippen LogP contribution in [0.2, 0.25) is 0 Å². The Balaban J connectivity index is 2.18. The van der Waals surface area contributed by atoms with Crippen LogP contribution < -0.4 is 5.73 Å². The molecule has 0 radical (unpaired) electrons. The molecule has 4 heteroatoms. The molecule has 0 aromatic carbocycles. The van der Waals surface area contributed by atoms with Gasteiger partial charge in [0, 0.05) is 19.7 Å². The number of ether oxygens (including phenoxy) is 1. The van der Waals surface area contributed by atoms with E-state index in [0.29, 0.717) is 6.54 Å². The number of terminal acetylenes is 1. The first-order valence-electron chi connectivity index (χ1n) is 5.81. The maximum absolute atomic E-state index is 11.5.